The predicted octanol–water partition coefficient (Wildman–Crippen LogP) is 2.42. The number of carbonyl (C=O) groups excluding carboxylic acids is 1. The van der Waals surface area contributed by atoms with E-state index in [1.165, 1.54) is 0 Å². The van der Waals surface area contributed by atoms with Crippen LogP contribution in [0.15, 0.2) is 28.8 Å². The van der Waals surface area contributed by atoms with E-state index in [2.05, 4.69) is 10.1 Å². The number of hydrogen-bond acceptors (Lipinski definition) is 6. The van der Waals surface area contributed by atoms with Crippen LogP contribution in [0.25, 0.3) is 0 Å². The number of hydrogen-bond donors (Lipinski definition) is 0. The topological polar surface area (TPSA) is 77.7 Å². The molecule has 0 saturated carbocycles. The number of para-hydroxylation sites is 1. The smallest absolute Gasteiger partial charge is 0.257 e. The number of methoxy groups -OCH3 is 1. The van der Waals surface area contributed by atoms with E-state index in [0.717, 1.165) is 0 Å². The molecule has 1 aliphatic rings. The molecule has 2 heterocycles. The van der Waals surface area contributed by atoms with Crippen molar-refractivity contribution in [3.8, 4) is 5.75 Å². The van der Waals surface area contributed by atoms with Gasteiger partial charge in [0, 0.05) is 12.5 Å². The molecule has 1 saturated heterocycles. The molecule has 7 nitrogen and oxygen atoms in total. The maximum Gasteiger partial charge on any atom is 0.257 e. The summed E-state index contributed by atoms with van der Waals surface area (Å²) >= 11 is 0. The van der Waals surface area contributed by atoms with Gasteiger partial charge in [-0.3, -0.25) is 4.79 Å². The second kappa shape index (κ2) is 7.00. The van der Waals surface area contributed by atoms with Gasteiger partial charge < -0.3 is 18.9 Å². The number of ether oxygens (including phenoxy) is 2. The molecule has 1 amide bonds. The Morgan fingerprint density at radius 1 is 1.38 bits per heavy atom. The van der Waals surface area contributed by atoms with Crippen LogP contribution in [0.2, 0.25) is 0 Å². The lowest BCUT2D eigenvalue weighted by atomic mass is 10.1. The molecule has 1 fully saturated rings. The van der Waals surface area contributed by atoms with Gasteiger partial charge in [-0.15, -0.1) is 0 Å². The molecular weight excluding hydrogens is 310 g/mol. The minimum atomic E-state index is -0.381. The van der Waals surface area contributed by atoms with Gasteiger partial charge >= 0.3 is 0 Å². The summed E-state index contributed by atoms with van der Waals surface area (Å²) in [5.41, 5.74) is 0.539. The van der Waals surface area contributed by atoms with Gasteiger partial charge in [0.25, 0.3) is 5.91 Å². The van der Waals surface area contributed by atoms with Crippen LogP contribution in [-0.4, -0.2) is 47.8 Å². The molecule has 1 aromatic carbocycles. The van der Waals surface area contributed by atoms with Crippen LogP contribution in [0.4, 0.5) is 0 Å². The van der Waals surface area contributed by atoms with Crippen molar-refractivity contribution in [3.63, 3.8) is 0 Å². The molecule has 2 aromatic rings. The van der Waals surface area contributed by atoms with Gasteiger partial charge in [0.15, 0.2) is 0 Å². The molecule has 0 spiro atoms. The summed E-state index contributed by atoms with van der Waals surface area (Å²) in [7, 11) is 1.56. The Hall–Kier alpha value is -2.41. The second-order valence-electron chi connectivity index (χ2n) is 5.96. The lowest BCUT2D eigenvalue weighted by Crippen LogP contribution is -2.42. The summed E-state index contributed by atoms with van der Waals surface area (Å²) in [5, 5.41) is 3.99. The summed E-state index contributed by atoms with van der Waals surface area (Å²) in [6.45, 7) is 5.29. The highest BCUT2D eigenvalue weighted by Crippen LogP contribution is 2.25. The Balaban J connectivity index is 1.76. The fraction of sp³-hybridized carbons (Fsp3) is 0.471. The molecule has 0 bridgehead atoms. The van der Waals surface area contributed by atoms with Crippen LogP contribution < -0.4 is 4.74 Å². The van der Waals surface area contributed by atoms with Gasteiger partial charge in [-0.1, -0.05) is 31.1 Å². The van der Waals surface area contributed by atoms with Gasteiger partial charge in [0.2, 0.25) is 11.7 Å². The van der Waals surface area contributed by atoms with Crippen molar-refractivity contribution in [2.45, 2.75) is 25.9 Å². The minimum absolute atomic E-state index is 0.0895. The molecule has 3 rings (SSSR count). The largest absolute Gasteiger partial charge is 0.496 e. The molecule has 1 aliphatic heterocycles. The van der Waals surface area contributed by atoms with E-state index in [1.54, 1.807) is 24.1 Å². The van der Waals surface area contributed by atoms with E-state index >= 15 is 0 Å². The van der Waals surface area contributed by atoms with Crippen LogP contribution in [0, 0.1) is 0 Å². The van der Waals surface area contributed by atoms with Crippen LogP contribution in [-0.2, 0) is 4.74 Å². The van der Waals surface area contributed by atoms with Gasteiger partial charge in [0.05, 0.1) is 25.8 Å². The first-order chi connectivity index (χ1) is 11.6. The van der Waals surface area contributed by atoms with E-state index < -0.39 is 0 Å². The lowest BCUT2D eigenvalue weighted by molar-refractivity contribution is -0.0277. The third kappa shape index (κ3) is 3.26. The number of benzene rings is 1. The maximum atomic E-state index is 12.8. The SMILES string of the molecule is COc1ccccc1C(=O)N1CCOC(c2noc(C(C)C)n2)C1. The summed E-state index contributed by atoms with van der Waals surface area (Å²) < 4.78 is 16.2. The van der Waals surface area contributed by atoms with Crippen molar-refractivity contribution in [1.29, 1.82) is 0 Å². The standard InChI is InChI=1S/C17H21N3O4/c1-11(2)16-18-15(19-24-16)14-10-20(8-9-23-14)17(21)12-6-4-5-7-13(12)22-3/h4-7,11,14H,8-10H2,1-3H3. The van der Waals surface area contributed by atoms with E-state index in [0.29, 0.717) is 42.7 Å². The zero-order valence-corrected chi connectivity index (χ0v) is 14.1. The average molecular weight is 331 g/mol. The number of nitrogens with zero attached hydrogens (tertiary/aromatic N) is 3. The van der Waals surface area contributed by atoms with Crippen LogP contribution in [0.5, 0.6) is 5.75 Å². The molecule has 1 atom stereocenters. The average Bonchev–Trinajstić information content (AvgIpc) is 3.11. The quantitative estimate of drug-likeness (QED) is 0.856. The molecule has 0 N–H and O–H groups in total. The first kappa shape index (κ1) is 16.4. The number of aromatic nitrogens is 2. The molecule has 128 valence electrons. The maximum absolute atomic E-state index is 12.8. The number of amides is 1. The zero-order valence-electron chi connectivity index (χ0n) is 14.1. The summed E-state index contributed by atoms with van der Waals surface area (Å²) in [6, 6.07) is 7.20. The first-order valence-electron chi connectivity index (χ1n) is 7.97. The van der Waals surface area contributed by atoms with Crippen molar-refractivity contribution >= 4 is 5.91 Å². The van der Waals surface area contributed by atoms with Crippen molar-refractivity contribution in [3.05, 3.63) is 41.5 Å². The summed E-state index contributed by atoms with van der Waals surface area (Å²) in [4.78, 5) is 18.9. The third-order valence-electron chi connectivity index (χ3n) is 3.93. The zero-order chi connectivity index (χ0) is 17.1. The minimum Gasteiger partial charge on any atom is -0.496 e. The Morgan fingerprint density at radius 2 is 2.17 bits per heavy atom. The van der Waals surface area contributed by atoms with Gasteiger partial charge in [-0.25, -0.2) is 0 Å². The fourth-order valence-electron chi connectivity index (χ4n) is 2.59. The van der Waals surface area contributed by atoms with Crippen molar-refractivity contribution < 1.29 is 18.8 Å². The van der Waals surface area contributed by atoms with E-state index in [9.17, 15) is 4.79 Å². The molecular formula is C17H21N3O4. The Bertz CT molecular complexity index is 713. The van der Waals surface area contributed by atoms with Crippen LogP contribution in [0.1, 0.15) is 47.9 Å². The number of carbonyl (C=O) groups is 1. The normalized spacial score (nSPS) is 18.0. The molecule has 7 heteroatoms. The van der Waals surface area contributed by atoms with Crippen LogP contribution >= 0.6 is 0 Å². The number of rotatable bonds is 4. The van der Waals surface area contributed by atoms with Crippen molar-refractivity contribution in [1.82, 2.24) is 15.0 Å². The van der Waals surface area contributed by atoms with Gasteiger partial charge in [-0.2, -0.15) is 4.98 Å². The van der Waals surface area contributed by atoms with E-state index in [-0.39, 0.29) is 17.9 Å². The Kier molecular flexibility index (Phi) is 4.80. The molecule has 1 unspecified atom stereocenters. The van der Waals surface area contributed by atoms with Gasteiger partial charge in [-0.05, 0) is 12.1 Å². The summed E-state index contributed by atoms with van der Waals surface area (Å²) in [5.74, 6) is 1.68. The second-order valence-corrected chi connectivity index (χ2v) is 5.96. The molecule has 1 aromatic heterocycles. The lowest BCUT2D eigenvalue weighted by Gasteiger charge is -2.31. The van der Waals surface area contributed by atoms with E-state index in [1.807, 2.05) is 26.0 Å². The van der Waals surface area contributed by atoms with Gasteiger partial charge in [0.1, 0.15) is 11.9 Å². The van der Waals surface area contributed by atoms with Crippen molar-refractivity contribution in [2.75, 3.05) is 26.8 Å². The highest BCUT2D eigenvalue weighted by Gasteiger charge is 2.30. The molecule has 0 aliphatic carbocycles. The highest BCUT2D eigenvalue weighted by molar-refractivity contribution is 5.97. The predicted molar refractivity (Wildman–Crippen MR) is 86.0 cm³/mol. The highest BCUT2D eigenvalue weighted by atomic mass is 16.5. The van der Waals surface area contributed by atoms with E-state index in [4.69, 9.17) is 14.0 Å². The van der Waals surface area contributed by atoms with Crippen LogP contribution in [0.3, 0.4) is 0 Å². The third-order valence-corrected chi connectivity index (χ3v) is 3.93. The monoisotopic (exact) mass is 331 g/mol. The summed E-state index contributed by atoms with van der Waals surface area (Å²) in [6.07, 6.45) is -0.381. The Morgan fingerprint density at radius 3 is 2.88 bits per heavy atom. The fourth-order valence-corrected chi connectivity index (χ4v) is 2.59. The number of morpholine rings is 1. The Labute approximate surface area is 140 Å². The molecule has 24 heavy (non-hydrogen) atoms. The first-order valence-corrected chi connectivity index (χ1v) is 7.97. The molecule has 0 radical (unpaired) electrons. The van der Waals surface area contributed by atoms with Crippen molar-refractivity contribution in [2.24, 2.45) is 0 Å².